The van der Waals surface area contributed by atoms with Crippen LogP contribution in [0.15, 0.2) is 148 Å². The summed E-state index contributed by atoms with van der Waals surface area (Å²) in [5.41, 5.74) is 15.1. The maximum Gasteiger partial charge on any atom is 0.194 e. The van der Waals surface area contributed by atoms with Gasteiger partial charge in [0.2, 0.25) is 0 Å². The van der Waals surface area contributed by atoms with Crippen molar-refractivity contribution in [1.82, 2.24) is 15.2 Å². The van der Waals surface area contributed by atoms with Crippen molar-refractivity contribution in [3.8, 4) is 11.5 Å². The summed E-state index contributed by atoms with van der Waals surface area (Å²) in [7, 11) is 4.07. The normalized spacial score (nSPS) is 13.6. The van der Waals surface area contributed by atoms with Crippen LogP contribution in [0.4, 0.5) is 5.69 Å². The Morgan fingerprint density at radius 1 is 0.632 bits per heavy atom. The number of allylic oxidation sites excluding steroid dienone is 2. The molecule has 1 fully saturated rings. The Balaban J connectivity index is 0.000000184. The number of fused-ring (bicyclic) bond motifs is 2. The van der Waals surface area contributed by atoms with Crippen molar-refractivity contribution in [2.24, 2.45) is 0 Å². The van der Waals surface area contributed by atoms with E-state index in [0.717, 1.165) is 117 Å². The van der Waals surface area contributed by atoms with Gasteiger partial charge in [0.05, 0.1) is 0 Å². The van der Waals surface area contributed by atoms with Crippen molar-refractivity contribution < 1.29 is 19.0 Å². The number of nitrogens with one attached hydrogen (secondary N) is 1. The van der Waals surface area contributed by atoms with Gasteiger partial charge in [0.15, 0.2) is 10.4 Å². The van der Waals surface area contributed by atoms with E-state index < -0.39 is 0 Å². The minimum absolute atomic E-state index is 0.257. The molecule has 3 N–H and O–H groups in total. The van der Waals surface area contributed by atoms with Gasteiger partial charge in [0.1, 0.15) is 22.7 Å². The molecule has 0 bridgehead atoms. The number of hydrogen-bond donors (Lipinski definition) is 3. The molecule has 0 unspecified atom stereocenters. The van der Waals surface area contributed by atoms with E-state index in [4.69, 9.17) is 37.0 Å². The average Bonchev–Trinajstić information content (AvgIpc) is 4.12. The lowest BCUT2D eigenvalue weighted by Crippen LogP contribution is -2.26. The summed E-state index contributed by atoms with van der Waals surface area (Å²) >= 11 is 12.2. The predicted molar refractivity (Wildman–Crippen MR) is 283 cm³/mol. The van der Waals surface area contributed by atoms with E-state index >= 15 is 0 Å². The molecule has 3 aromatic heterocycles. The molecular weight excluding hydrogens is 888 g/mol. The van der Waals surface area contributed by atoms with Gasteiger partial charge in [-0.1, -0.05) is 68.4 Å². The molecule has 8 nitrogen and oxygen atoms in total. The Morgan fingerprint density at radius 3 is 1.57 bits per heavy atom. The summed E-state index contributed by atoms with van der Waals surface area (Å²) in [5.74, 6) is 0.513. The van der Waals surface area contributed by atoms with Crippen LogP contribution in [-0.4, -0.2) is 66.9 Å². The monoisotopic (exact) mass is 946 g/mol. The van der Waals surface area contributed by atoms with Crippen LogP contribution in [0.2, 0.25) is 10.4 Å². The van der Waals surface area contributed by atoms with Gasteiger partial charge in [0, 0.05) is 66.2 Å². The number of phenolic OH excluding ortho intramolecular Hbond substituents is 2. The number of aromatic nitrogens is 1. The van der Waals surface area contributed by atoms with Crippen LogP contribution in [0, 0.1) is 0 Å². The summed E-state index contributed by atoms with van der Waals surface area (Å²) in [5, 5.41) is 25.7. The fourth-order valence-electron chi connectivity index (χ4n) is 9.24. The van der Waals surface area contributed by atoms with Gasteiger partial charge < -0.3 is 34.2 Å². The van der Waals surface area contributed by atoms with Crippen LogP contribution in [0.25, 0.3) is 44.2 Å². The molecule has 1 aliphatic heterocycles. The van der Waals surface area contributed by atoms with E-state index in [1.807, 2.05) is 61.8 Å². The van der Waals surface area contributed by atoms with E-state index in [0.29, 0.717) is 10.4 Å². The molecule has 9 rings (SSSR count). The third-order valence-corrected chi connectivity index (χ3v) is 13.2. The first kappa shape index (κ1) is 48.2. The second-order valence-corrected chi connectivity index (χ2v) is 18.1. The number of anilines is 1. The molecule has 0 saturated carbocycles. The molecular formula is C58H60Cl2N4O4. The number of aromatic hydroxyl groups is 2. The van der Waals surface area contributed by atoms with Crippen LogP contribution in [0.5, 0.6) is 11.5 Å². The maximum atomic E-state index is 9.89. The number of likely N-dealkylation sites (N-methyl/N-ethyl adjacent to an activating group) is 2. The first-order valence-electron chi connectivity index (χ1n) is 23.7. The Labute approximate surface area is 410 Å². The highest BCUT2D eigenvalue weighted by molar-refractivity contribution is 6.30. The number of benzene rings is 5. The molecule has 1 aliphatic rings. The zero-order valence-corrected chi connectivity index (χ0v) is 40.9. The molecule has 8 aromatic rings. The lowest BCUT2D eigenvalue weighted by Gasteiger charge is -2.21. The summed E-state index contributed by atoms with van der Waals surface area (Å²) in [6.45, 7) is 9.84. The van der Waals surface area contributed by atoms with Gasteiger partial charge in [-0.15, -0.1) is 0 Å². The van der Waals surface area contributed by atoms with Gasteiger partial charge in [0.25, 0.3) is 0 Å². The van der Waals surface area contributed by atoms with E-state index in [1.165, 1.54) is 42.8 Å². The molecule has 0 aliphatic carbocycles. The summed E-state index contributed by atoms with van der Waals surface area (Å²) < 4.78 is 11.1. The van der Waals surface area contributed by atoms with Crippen molar-refractivity contribution in [2.75, 3.05) is 51.7 Å². The molecule has 350 valence electrons. The van der Waals surface area contributed by atoms with Crippen molar-refractivity contribution in [1.29, 1.82) is 0 Å². The number of likely N-dealkylation sites (tertiary alicyclic amines) is 1. The Kier molecular flexibility index (Phi) is 16.1. The maximum absolute atomic E-state index is 9.89. The first-order valence-corrected chi connectivity index (χ1v) is 24.4. The molecule has 0 atom stereocenters. The van der Waals surface area contributed by atoms with Crippen LogP contribution in [0.3, 0.4) is 0 Å². The van der Waals surface area contributed by atoms with Gasteiger partial charge >= 0.3 is 0 Å². The summed E-state index contributed by atoms with van der Waals surface area (Å²) in [6.07, 6.45) is 8.48. The van der Waals surface area contributed by atoms with E-state index in [2.05, 4.69) is 96.7 Å². The first-order chi connectivity index (χ1) is 33.1. The highest BCUT2D eigenvalue weighted by Gasteiger charge is 2.18. The highest BCUT2D eigenvalue weighted by Crippen LogP contribution is 2.39. The molecule has 68 heavy (non-hydrogen) atoms. The molecule has 4 heterocycles. The third kappa shape index (κ3) is 11.7. The van der Waals surface area contributed by atoms with E-state index in [9.17, 15) is 10.2 Å². The topological polar surface area (TPSA) is 98.1 Å². The number of halogens is 2. The standard InChI is InChI=1S/C30H31ClN2O2.C28H29ClN2O2/c1-2-27(22-10-14-28-24(18-22)19-29(31)35-28)30(21-8-12-26(34)13-9-21)23-7-11-25(32-20-23)6-5-17-33-15-3-4-16-33;1-4-25(21-9-14-26-22(17-21)18-27(29)33-26)28(20-7-12-24(32)13-8-20)19-5-10-23(11-6-19)31(3)16-15-30-2/h7-14,18-20,34H,2-6,15-17H2,1H3;5-14,17-18,30,32H,4,15-16H2,1-3H3. The van der Waals surface area contributed by atoms with Crippen LogP contribution in [-0.2, 0) is 6.42 Å². The SMILES string of the molecule is CCC(=C(c1ccc(O)cc1)c1ccc(CCCN2CCCC2)nc1)c1ccc2oc(Cl)cc2c1.CCC(=C(c1ccc(O)cc1)c1ccc(N(C)CCNC)cc1)c1ccc2oc(Cl)cc2c1. The highest BCUT2D eigenvalue weighted by atomic mass is 35.5. The number of phenols is 2. The fraction of sp³-hybridized carbons (Fsp3) is 0.259. The predicted octanol–water partition coefficient (Wildman–Crippen LogP) is 14.4. The number of pyridine rings is 1. The largest absolute Gasteiger partial charge is 0.508 e. The van der Waals surface area contributed by atoms with Gasteiger partial charge in [-0.2, -0.15) is 0 Å². The van der Waals surface area contributed by atoms with Crippen LogP contribution >= 0.6 is 23.2 Å². The fourth-order valence-corrected chi connectivity index (χ4v) is 9.64. The number of furan rings is 2. The average molecular weight is 948 g/mol. The molecule has 0 radical (unpaired) electrons. The van der Waals surface area contributed by atoms with Crippen molar-refractivity contribution in [2.45, 2.75) is 52.4 Å². The number of rotatable bonds is 16. The Morgan fingerprint density at radius 2 is 1.10 bits per heavy atom. The molecule has 0 amide bonds. The Bertz CT molecular complexity index is 2980. The Hall–Kier alpha value is -6.29. The zero-order chi connectivity index (χ0) is 47.6. The summed E-state index contributed by atoms with van der Waals surface area (Å²) in [6, 6.07) is 43.9. The van der Waals surface area contributed by atoms with Crippen molar-refractivity contribution >= 4 is 73.1 Å². The van der Waals surface area contributed by atoms with Gasteiger partial charge in [-0.05, 0) is 205 Å². The number of aryl methyl sites for hydroxylation is 1. The zero-order valence-electron chi connectivity index (χ0n) is 39.4. The second-order valence-electron chi connectivity index (χ2n) is 17.4. The van der Waals surface area contributed by atoms with E-state index in [-0.39, 0.29) is 11.5 Å². The van der Waals surface area contributed by atoms with Gasteiger partial charge in [-0.25, -0.2) is 0 Å². The lowest BCUT2D eigenvalue weighted by atomic mass is 9.88. The number of nitrogens with zero attached hydrogens (tertiary/aromatic N) is 3. The molecule has 0 spiro atoms. The van der Waals surface area contributed by atoms with E-state index in [1.54, 1.807) is 24.3 Å². The lowest BCUT2D eigenvalue weighted by molar-refractivity contribution is 0.333. The van der Waals surface area contributed by atoms with Crippen molar-refractivity contribution in [3.05, 3.63) is 189 Å². The minimum Gasteiger partial charge on any atom is -0.508 e. The smallest absolute Gasteiger partial charge is 0.194 e. The quantitative estimate of drug-likeness (QED) is 0.0824. The van der Waals surface area contributed by atoms with Crippen LogP contribution in [0.1, 0.15) is 85.0 Å². The second kappa shape index (κ2) is 22.7. The number of hydrogen-bond acceptors (Lipinski definition) is 8. The third-order valence-electron chi connectivity index (χ3n) is 12.8. The summed E-state index contributed by atoms with van der Waals surface area (Å²) in [4.78, 5) is 9.63. The molecule has 5 aromatic carbocycles. The van der Waals surface area contributed by atoms with Crippen molar-refractivity contribution in [3.63, 3.8) is 0 Å². The van der Waals surface area contributed by atoms with Gasteiger partial charge in [-0.3, -0.25) is 4.98 Å². The molecule has 1 saturated heterocycles. The minimum atomic E-state index is 0.257. The van der Waals surface area contributed by atoms with Crippen LogP contribution < -0.4 is 10.2 Å². The molecule has 10 heteroatoms.